The molecule has 2 heterocycles. The summed E-state index contributed by atoms with van der Waals surface area (Å²) >= 11 is 7.62. The first kappa shape index (κ1) is 15.4. The van der Waals surface area contributed by atoms with E-state index >= 15 is 0 Å². The van der Waals surface area contributed by atoms with Gasteiger partial charge in [-0.1, -0.05) is 20.8 Å². The average Bonchev–Trinajstić information content (AvgIpc) is 2.39. The molecule has 1 aromatic rings. The van der Waals surface area contributed by atoms with Crippen molar-refractivity contribution in [3.63, 3.8) is 0 Å². The molecule has 0 bridgehead atoms. The van der Waals surface area contributed by atoms with E-state index in [2.05, 4.69) is 42.0 Å². The lowest BCUT2D eigenvalue weighted by Gasteiger charge is -2.27. The molecule has 0 saturated carbocycles. The van der Waals surface area contributed by atoms with Crippen molar-refractivity contribution in [1.29, 1.82) is 0 Å². The molecular weight excluding hydrogens is 342 g/mol. The highest BCUT2D eigenvalue weighted by atomic mass is 79.9. The minimum atomic E-state index is 0.389. The molecule has 1 aliphatic rings. The molecule has 0 spiro atoms. The molecule has 6 heteroatoms. The van der Waals surface area contributed by atoms with E-state index in [-0.39, 0.29) is 0 Å². The van der Waals surface area contributed by atoms with E-state index in [4.69, 9.17) is 9.97 Å². The van der Waals surface area contributed by atoms with E-state index in [1.54, 1.807) is 0 Å². The molecule has 2 atom stereocenters. The van der Waals surface area contributed by atoms with Crippen LogP contribution in [-0.4, -0.2) is 33.8 Å². The molecule has 1 saturated heterocycles. The van der Waals surface area contributed by atoms with Gasteiger partial charge in [0.25, 0.3) is 0 Å². The van der Waals surface area contributed by atoms with Crippen molar-refractivity contribution in [3.8, 4) is 0 Å². The van der Waals surface area contributed by atoms with Gasteiger partial charge in [0.2, 0.25) is 0 Å². The number of nitrogens with zero attached hydrogens (tertiary/aromatic N) is 2. The van der Waals surface area contributed by atoms with Crippen LogP contribution in [0.2, 0.25) is 0 Å². The second-order valence-corrected chi connectivity index (χ2v) is 8.43. The third-order valence-electron chi connectivity index (χ3n) is 3.12. The van der Waals surface area contributed by atoms with Gasteiger partial charge >= 0.3 is 0 Å². The average molecular weight is 362 g/mol. The standard InChI is InChI=1S/C13H20BrN3S2/c1-7(2)10-9(14)12(15-4)17-13(16-10)11-8(3)18-5-6-19-11/h7-8,11H,5-6H2,1-4H3,(H,15,16,17). The largest absolute Gasteiger partial charge is 0.372 e. The fraction of sp³-hybridized carbons (Fsp3) is 0.692. The quantitative estimate of drug-likeness (QED) is 0.867. The number of hydrogen-bond donors (Lipinski definition) is 1. The Balaban J connectivity index is 2.42. The smallest absolute Gasteiger partial charge is 0.145 e. The molecule has 2 unspecified atom stereocenters. The number of aromatic nitrogens is 2. The molecule has 19 heavy (non-hydrogen) atoms. The Morgan fingerprint density at radius 2 is 1.95 bits per heavy atom. The fourth-order valence-corrected chi connectivity index (χ4v) is 5.60. The van der Waals surface area contributed by atoms with Crippen LogP contribution in [0.25, 0.3) is 0 Å². The summed E-state index contributed by atoms with van der Waals surface area (Å²) in [6.07, 6.45) is 0. The van der Waals surface area contributed by atoms with Crippen molar-refractivity contribution in [1.82, 2.24) is 9.97 Å². The first-order valence-corrected chi connectivity index (χ1v) is 9.42. The third-order valence-corrected chi connectivity index (χ3v) is 6.99. The van der Waals surface area contributed by atoms with E-state index < -0.39 is 0 Å². The fourth-order valence-electron chi connectivity index (χ4n) is 2.07. The van der Waals surface area contributed by atoms with Crippen LogP contribution in [0.1, 0.15) is 43.5 Å². The van der Waals surface area contributed by atoms with E-state index in [0.29, 0.717) is 16.4 Å². The number of rotatable bonds is 3. The first-order chi connectivity index (χ1) is 9.04. The van der Waals surface area contributed by atoms with Crippen molar-refractivity contribution in [3.05, 3.63) is 16.0 Å². The summed E-state index contributed by atoms with van der Waals surface area (Å²) in [5.74, 6) is 4.68. The molecule has 0 aliphatic carbocycles. The third kappa shape index (κ3) is 3.39. The van der Waals surface area contributed by atoms with Gasteiger partial charge in [-0.15, -0.1) is 11.8 Å². The van der Waals surface area contributed by atoms with Gasteiger partial charge in [-0.05, 0) is 21.8 Å². The molecule has 1 aromatic heterocycles. The van der Waals surface area contributed by atoms with Crippen LogP contribution in [0.15, 0.2) is 4.47 Å². The van der Waals surface area contributed by atoms with Crippen LogP contribution in [0.4, 0.5) is 5.82 Å². The highest BCUT2D eigenvalue weighted by Gasteiger charge is 2.28. The van der Waals surface area contributed by atoms with Crippen molar-refractivity contribution in [2.75, 3.05) is 23.9 Å². The predicted octanol–water partition coefficient (Wildman–Crippen LogP) is 4.31. The van der Waals surface area contributed by atoms with E-state index in [9.17, 15) is 0 Å². The van der Waals surface area contributed by atoms with E-state index in [1.807, 2.05) is 30.6 Å². The zero-order valence-electron chi connectivity index (χ0n) is 11.7. The lowest BCUT2D eigenvalue weighted by atomic mass is 10.1. The second-order valence-electron chi connectivity index (χ2n) is 4.90. The predicted molar refractivity (Wildman–Crippen MR) is 90.5 cm³/mol. The molecule has 1 fully saturated rings. The Morgan fingerprint density at radius 1 is 1.26 bits per heavy atom. The van der Waals surface area contributed by atoms with Gasteiger partial charge in [-0.3, -0.25) is 0 Å². The minimum Gasteiger partial charge on any atom is -0.372 e. The Kier molecular flexibility index (Phi) is 5.43. The maximum atomic E-state index is 4.82. The molecule has 2 rings (SSSR count). The Morgan fingerprint density at radius 3 is 2.53 bits per heavy atom. The van der Waals surface area contributed by atoms with Gasteiger partial charge in [-0.2, -0.15) is 11.8 Å². The molecule has 106 valence electrons. The lowest BCUT2D eigenvalue weighted by Crippen LogP contribution is -2.19. The topological polar surface area (TPSA) is 37.8 Å². The van der Waals surface area contributed by atoms with Crippen molar-refractivity contribution < 1.29 is 0 Å². The number of anilines is 1. The van der Waals surface area contributed by atoms with Crippen LogP contribution in [-0.2, 0) is 0 Å². The monoisotopic (exact) mass is 361 g/mol. The summed E-state index contributed by atoms with van der Waals surface area (Å²) in [6.45, 7) is 6.62. The molecule has 1 N–H and O–H groups in total. The summed E-state index contributed by atoms with van der Waals surface area (Å²) in [4.78, 5) is 9.53. The normalized spacial score (nSPS) is 23.7. The number of thioether (sulfide) groups is 2. The summed E-state index contributed by atoms with van der Waals surface area (Å²) in [6, 6.07) is 0. The second kappa shape index (κ2) is 6.68. The van der Waals surface area contributed by atoms with Crippen LogP contribution in [0.3, 0.4) is 0 Å². The molecule has 0 radical (unpaired) electrons. The molecular formula is C13H20BrN3S2. The highest BCUT2D eigenvalue weighted by Crippen LogP contribution is 2.42. The summed E-state index contributed by atoms with van der Waals surface area (Å²) in [5, 5.41) is 4.14. The number of hydrogen-bond acceptors (Lipinski definition) is 5. The van der Waals surface area contributed by atoms with Gasteiger partial charge in [-0.25, -0.2) is 9.97 Å². The van der Waals surface area contributed by atoms with Gasteiger partial charge in [0.15, 0.2) is 0 Å². The molecule has 0 amide bonds. The maximum absolute atomic E-state index is 4.82. The van der Waals surface area contributed by atoms with Crippen LogP contribution in [0, 0.1) is 0 Å². The molecule has 0 aromatic carbocycles. The van der Waals surface area contributed by atoms with Gasteiger partial charge < -0.3 is 5.32 Å². The van der Waals surface area contributed by atoms with Crippen molar-refractivity contribution in [2.45, 2.75) is 37.2 Å². The van der Waals surface area contributed by atoms with Crippen LogP contribution >= 0.6 is 39.5 Å². The lowest BCUT2D eigenvalue weighted by molar-refractivity contribution is 0.755. The van der Waals surface area contributed by atoms with Crippen LogP contribution in [0.5, 0.6) is 0 Å². The van der Waals surface area contributed by atoms with Crippen molar-refractivity contribution in [2.24, 2.45) is 0 Å². The number of halogens is 1. The molecule has 3 nitrogen and oxygen atoms in total. The zero-order valence-corrected chi connectivity index (χ0v) is 15.0. The summed E-state index contributed by atoms with van der Waals surface area (Å²) in [5.41, 5.74) is 1.10. The van der Waals surface area contributed by atoms with Crippen LogP contribution < -0.4 is 5.32 Å². The van der Waals surface area contributed by atoms with E-state index in [0.717, 1.165) is 21.8 Å². The van der Waals surface area contributed by atoms with E-state index in [1.165, 1.54) is 11.5 Å². The zero-order chi connectivity index (χ0) is 14.0. The Labute approximate surface area is 132 Å². The van der Waals surface area contributed by atoms with Gasteiger partial charge in [0.1, 0.15) is 11.6 Å². The van der Waals surface area contributed by atoms with Crippen molar-refractivity contribution >= 4 is 45.3 Å². The maximum Gasteiger partial charge on any atom is 0.145 e. The first-order valence-electron chi connectivity index (χ1n) is 6.52. The minimum absolute atomic E-state index is 0.389. The van der Waals surface area contributed by atoms with Gasteiger partial charge in [0.05, 0.1) is 15.4 Å². The Bertz CT molecular complexity index is 454. The van der Waals surface area contributed by atoms with Gasteiger partial charge in [0, 0.05) is 23.8 Å². The summed E-state index contributed by atoms with van der Waals surface area (Å²) < 4.78 is 0.995. The molecule has 1 aliphatic heterocycles. The SMILES string of the molecule is CNc1nc(C2SCCSC2C)nc(C(C)C)c1Br. The Hall–Kier alpha value is 0.0600. The highest BCUT2D eigenvalue weighted by molar-refractivity contribution is 9.10. The number of nitrogens with one attached hydrogen (secondary N) is 1. The summed E-state index contributed by atoms with van der Waals surface area (Å²) in [7, 11) is 1.91.